The molecule has 3 heteroatoms. The molecule has 2 saturated heterocycles. The molecule has 0 radical (unpaired) electrons. The third-order valence-electron chi connectivity index (χ3n) is 4.79. The van der Waals surface area contributed by atoms with Crippen molar-refractivity contribution < 1.29 is 4.74 Å². The molecule has 3 aliphatic rings. The predicted octanol–water partition coefficient (Wildman–Crippen LogP) is 2.30. The molecule has 20 heavy (non-hydrogen) atoms. The minimum atomic E-state index is 0.491. The molecule has 1 aromatic carbocycles. The number of likely N-dealkylation sites (tertiary alicyclic amines) is 1. The highest BCUT2D eigenvalue weighted by molar-refractivity contribution is 5.27. The fraction of sp³-hybridized carbons (Fsp3) is 0.647. The molecular weight excluding hydrogens is 248 g/mol. The fourth-order valence-electron chi connectivity index (χ4n) is 3.50. The molecule has 2 heterocycles. The maximum absolute atomic E-state index is 5.93. The maximum Gasteiger partial charge on any atom is 0.0707 e. The molecule has 108 valence electrons. The third-order valence-corrected chi connectivity index (χ3v) is 4.79. The van der Waals surface area contributed by atoms with Crippen molar-refractivity contribution in [3.05, 3.63) is 35.4 Å². The lowest BCUT2D eigenvalue weighted by atomic mass is 10.1. The first-order valence-corrected chi connectivity index (χ1v) is 8.05. The molecule has 0 amide bonds. The first-order valence-electron chi connectivity index (χ1n) is 8.05. The van der Waals surface area contributed by atoms with Crippen LogP contribution in [0.25, 0.3) is 0 Å². The minimum Gasteiger partial charge on any atom is -0.372 e. The maximum atomic E-state index is 5.93. The smallest absolute Gasteiger partial charge is 0.0707 e. The number of morpholine rings is 1. The predicted molar refractivity (Wildman–Crippen MR) is 79.5 cm³/mol. The van der Waals surface area contributed by atoms with Crippen LogP contribution in [0.1, 0.15) is 36.8 Å². The molecule has 3 nitrogen and oxygen atoms in total. The number of ether oxygens (including phenoxy) is 1. The van der Waals surface area contributed by atoms with Crippen molar-refractivity contribution in [1.29, 1.82) is 0 Å². The highest BCUT2D eigenvalue weighted by atomic mass is 16.5. The summed E-state index contributed by atoms with van der Waals surface area (Å²) >= 11 is 0. The molecule has 2 aliphatic heterocycles. The molecule has 1 aromatic rings. The van der Waals surface area contributed by atoms with Gasteiger partial charge < -0.3 is 10.1 Å². The van der Waals surface area contributed by atoms with Gasteiger partial charge in [0.05, 0.1) is 12.2 Å². The van der Waals surface area contributed by atoms with Crippen LogP contribution in [0, 0.1) is 0 Å². The van der Waals surface area contributed by atoms with Crippen LogP contribution in [0.2, 0.25) is 0 Å². The van der Waals surface area contributed by atoms with E-state index in [9.17, 15) is 0 Å². The summed E-state index contributed by atoms with van der Waals surface area (Å²) in [6, 6.07) is 9.69. The second kappa shape index (κ2) is 5.47. The lowest BCUT2D eigenvalue weighted by Crippen LogP contribution is -2.42. The normalized spacial score (nSPS) is 29.8. The van der Waals surface area contributed by atoms with Crippen LogP contribution in [-0.2, 0) is 17.8 Å². The van der Waals surface area contributed by atoms with E-state index in [0.717, 1.165) is 32.2 Å². The number of nitrogens with zero attached hydrogens (tertiary/aromatic N) is 1. The molecule has 1 N–H and O–H groups in total. The zero-order chi connectivity index (χ0) is 13.4. The Morgan fingerprint density at radius 1 is 1.00 bits per heavy atom. The summed E-state index contributed by atoms with van der Waals surface area (Å²) in [7, 11) is 0. The first-order chi connectivity index (χ1) is 9.87. The van der Waals surface area contributed by atoms with Gasteiger partial charge in [-0.3, -0.25) is 4.90 Å². The van der Waals surface area contributed by atoms with Crippen LogP contribution in [-0.4, -0.2) is 36.2 Å². The Bertz CT molecular complexity index is 460. The molecule has 0 aromatic heterocycles. The SMILES string of the molecule is c1ccc(CN2CC3CCC(C2)O3)c(CNC2CC2)c1. The van der Waals surface area contributed by atoms with Crippen molar-refractivity contribution >= 4 is 0 Å². The van der Waals surface area contributed by atoms with Gasteiger partial charge in [0, 0.05) is 32.2 Å². The number of hydrogen-bond donors (Lipinski definition) is 1. The number of benzene rings is 1. The summed E-state index contributed by atoms with van der Waals surface area (Å²) in [5, 5.41) is 3.64. The molecule has 2 bridgehead atoms. The van der Waals surface area contributed by atoms with Gasteiger partial charge >= 0.3 is 0 Å². The summed E-state index contributed by atoms with van der Waals surface area (Å²) in [5.41, 5.74) is 2.96. The molecule has 4 rings (SSSR count). The van der Waals surface area contributed by atoms with Gasteiger partial charge in [-0.05, 0) is 36.8 Å². The van der Waals surface area contributed by atoms with Crippen molar-refractivity contribution in [2.45, 2.75) is 57.0 Å². The number of nitrogens with one attached hydrogen (secondary N) is 1. The Kier molecular flexibility index (Phi) is 3.51. The standard InChI is InChI=1S/C17H24N2O/c1-2-4-14(13(3-1)9-18-15-5-6-15)10-19-11-16-7-8-17(12-19)20-16/h1-4,15-18H,5-12H2. The molecular formula is C17H24N2O. The Labute approximate surface area is 121 Å². The molecule has 1 saturated carbocycles. The van der Waals surface area contributed by atoms with Crippen LogP contribution in [0.4, 0.5) is 0 Å². The zero-order valence-corrected chi connectivity index (χ0v) is 12.1. The lowest BCUT2D eigenvalue weighted by molar-refractivity contribution is -0.0411. The molecule has 1 aliphatic carbocycles. The Morgan fingerprint density at radius 2 is 1.70 bits per heavy atom. The Hall–Kier alpha value is -0.900. The van der Waals surface area contributed by atoms with Crippen molar-refractivity contribution in [2.24, 2.45) is 0 Å². The molecule has 2 unspecified atom stereocenters. The van der Waals surface area contributed by atoms with Crippen molar-refractivity contribution in [3.63, 3.8) is 0 Å². The largest absolute Gasteiger partial charge is 0.372 e. The van der Waals surface area contributed by atoms with Crippen LogP contribution in [0.3, 0.4) is 0 Å². The summed E-state index contributed by atoms with van der Waals surface area (Å²) in [6.45, 7) is 4.33. The monoisotopic (exact) mass is 272 g/mol. The van der Waals surface area contributed by atoms with E-state index in [1.807, 2.05) is 0 Å². The van der Waals surface area contributed by atoms with E-state index in [4.69, 9.17) is 4.74 Å². The van der Waals surface area contributed by atoms with Crippen LogP contribution in [0.5, 0.6) is 0 Å². The summed E-state index contributed by atoms with van der Waals surface area (Å²) in [4.78, 5) is 2.59. The summed E-state index contributed by atoms with van der Waals surface area (Å²) < 4.78 is 5.93. The second-order valence-corrected chi connectivity index (χ2v) is 6.58. The van der Waals surface area contributed by atoms with E-state index >= 15 is 0 Å². The van der Waals surface area contributed by atoms with E-state index in [-0.39, 0.29) is 0 Å². The van der Waals surface area contributed by atoms with E-state index < -0.39 is 0 Å². The van der Waals surface area contributed by atoms with Gasteiger partial charge in [0.15, 0.2) is 0 Å². The average molecular weight is 272 g/mol. The van der Waals surface area contributed by atoms with Gasteiger partial charge in [-0.25, -0.2) is 0 Å². The fourth-order valence-corrected chi connectivity index (χ4v) is 3.50. The average Bonchev–Trinajstić information content (AvgIpc) is 3.23. The quantitative estimate of drug-likeness (QED) is 0.890. The number of fused-ring (bicyclic) bond motifs is 2. The van der Waals surface area contributed by atoms with Gasteiger partial charge in [0.2, 0.25) is 0 Å². The van der Waals surface area contributed by atoms with E-state index in [1.54, 1.807) is 0 Å². The van der Waals surface area contributed by atoms with E-state index in [0.29, 0.717) is 12.2 Å². The molecule has 0 spiro atoms. The summed E-state index contributed by atoms with van der Waals surface area (Å²) in [5.74, 6) is 0. The van der Waals surface area contributed by atoms with Crippen molar-refractivity contribution in [1.82, 2.24) is 10.2 Å². The highest BCUT2D eigenvalue weighted by Gasteiger charge is 2.33. The zero-order valence-electron chi connectivity index (χ0n) is 12.1. The minimum absolute atomic E-state index is 0.491. The highest BCUT2D eigenvalue weighted by Crippen LogP contribution is 2.27. The van der Waals surface area contributed by atoms with Gasteiger partial charge in [-0.15, -0.1) is 0 Å². The van der Waals surface area contributed by atoms with Gasteiger partial charge in [-0.1, -0.05) is 24.3 Å². The third kappa shape index (κ3) is 2.90. The lowest BCUT2D eigenvalue weighted by Gasteiger charge is -2.32. The van der Waals surface area contributed by atoms with Crippen molar-refractivity contribution in [3.8, 4) is 0 Å². The van der Waals surface area contributed by atoms with Crippen LogP contribution in [0.15, 0.2) is 24.3 Å². The number of rotatable bonds is 5. The van der Waals surface area contributed by atoms with Gasteiger partial charge in [-0.2, -0.15) is 0 Å². The van der Waals surface area contributed by atoms with Crippen LogP contribution < -0.4 is 5.32 Å². The summed E-state index contributed by atoms with van der Waals surface area (Å²) in [6.07, 6.45) is 6.21. The van der Waals surface area contributed by atoms with Gasteiger partial charge in [0.25, 0.3) is 0 Å². The van der Waals surface area contributed by atoms with Crippen LogP contribution >= 0.6 is 0 Å². The van der Waals surface area contributed by atoms with E-state index in [1.165, 1.54) is 36.8 Å². The van der Waals surface area contributed by atoms with E-state index in [2.05, 4.69) is 34.5 Å². The Balaban J connectivity index is 1.41. The Morgan fingerprint density at radius 3 is 2.40 bits per heavy atom. The molecule has 3 fully saturated rings. The molecule has 2 atom stereocenters. The van der Waals surface area contributed by atoms with Gasteiger partial charge in [0.1, 0.15) is 0 Å². The number of hydrogen-bond acceptors (Lipinski definition) is 3. The topological polar surface area (TPSA) is 24.5 Å². The second-order valence-electron chi connectivity index (χ2n) is 6.58. The van der Waals surface area contributed by atoms with Crippen molar-refractivity contribution in [2.75, 3.05) is 13.1 Å². The first kappa shape index (κ1) is 12.8.